The van der Waals surface area contributed by atoms with Crippen molar-refractivity contribution in [1.82, 2.24) is 4.90 Å². The van der Waals surface area contributed by atoms with Gasteiger partial charge >= 0.3 is 5.97 Å². The number of anilines is 1. The highest BCUT2D eigenvalue weighted by atomic mass is 16.6. The van der Waals surface area contributed by atoms with Gasteiger partial charge in [0.1, 0.15) is 11.0 Å². The summed E-state index contributed by atoms with van der Waals surface area (Å²) < 4.78 is 5.71. The number of amides is 1. The van der Waals surface area contributed by atoms with Crippen LogP contribution in [0.5, 0.6) is 0 Å². The molecule has 0 unspecified atom stereocenters. The van der Waals surface area contributed by atoms with Gasteiger partial charge in [0.05, 0.1) is 5.92 Å². The first kappa shape index (κ1) is 18.6. The van der Waals surface area contributed by atoms with Crippen molar-refractivity contribution in [1.29, 1.82) is 0 Å². The Bertz CT molecular complexity index is 774. The fourth-order valence-electron chi connectivity index (χ4n) is 4.25. The molecule has 2 aliphatic rings. The number of hydrogen-bond acceptors (Lipinski definition) is 4. The second-order valence-electron chi connectivity index (χ2n) is 8.58. The molecule has 5 heteroatoms. The Morgan fingerprint density at radius 1 is 1.31 bits per heavy atom. The van der Waals surface area contributed by atoms with Crippen molar-refractivity contribution in [2.24, 2.45) is 5.92 Å². The van der Waals surface area contributed by atoms with E-state index in [0.29, 0.717) is 6.54 Å². The number of carbonyl (C=O) groups is 2. The van der Waals surface area contributed by atoms with Crippen LogP contribution in [-0.4, -0.2) is 42.0 Å². The number of para-hydroxylation sites is 1. The van der Waals surface area contributed by atoms with Crippen LogP contribution in [0.3, 0.4) is 0 Å². The average Bonchev–Trinajstić information content (AvgIpc) is 2.96. The number of allylic oxidation sites excluding steroid dienone is 1. The molecule has 2 aliphatic heterocycles. The lowest BCUT2D eigenvalue weighted by molar-refractivity contribution is -0.162. The Hall–Kier alpha value is -2.14. The van der Waals surface area contributed by atoms with E-state index in [2.05, 4.69) is 16.3 Å². The Labute approximate surface area is 155 Å². The molecule has 1 amide bonds. The number of hydrogen-bond donors (Lipinski definition) is 1. The first-order valence-corrected chi connectivity index (χ1v) is 9.06. The number of nitrogens with zero attached hydrogens (tertiary/aromatic N) is 1. The molecule has 5 nitrogen and oxygen atoms in total. The van der Waals surface area contributed by atoms with E-state index in [0.717, 1.165) is 16.8 Å². The monoisotopic (exact) mass is 356 g/mol. The largest absolute Gasteiger partial charge is 0.460 e. The zero-order chi connectivity index (χ0) is 19.3. The molecule has 140 valence electrons. The fourth-order valence-corrected chi connectivity index (χ4v) is 4.25. The number of rotatable bonds is 2. The third-order valence-corrected chi connectivity index (χ3v) is 5.14. The second kappa shape index (κ2) is 6.23. The van der Waals surface area contributed by atoms with Crippen molar-refractivity contribution in [3.8, 4) is 0 Å². The smallest absolute Gasteiger partial charge is 0.312 e. The van der Waals surface area contributed by atoms with Crippen LogP contribution in [0.15, 0.2) is 35.9 Å². The first-order valence-electron chi connectivity index (χ1n) is 9.06. The van der Waals surface area contributed by atoms with E-state index in [1.165, 1.54) is 0 Å². The molecule has 0 aliphatic carbocycles. The highest BCUT2D eigenvalue weighted by Crippen LogP contribution is 2.52. The van der Waals surface area contributed by atoms with Crippen LogP contribution >= 0.6 is 0 Å². The third kappa shape index (κ3) is 2.84. The van der Waals surface area contributed by atoms with Gasteiger partial charge in [0.15, 0.2) is 0 Å². The Kier molecular flexibility index (Phi) is 4.47. The van der Waals surface area contributed by atoms with Crippen LogP contribution in [0.2, 0.25) is 0 Å². The van der Waals surface area contributed by atoms with Crippen molar-refractivity contribution in [3.05, 3.63) is 41.5 Å². The minimum atomic E-state index is -0.967. The molecule has 0 radical (unpaired) electrons. The normalized spacial score (nSPS) is 28.0. The van der Waals surface area contributed by atoms with Gasteiger partial charge < -0.3 is 10.1 Å². The lowest BCUT2D eigenvalue weighted by Gasteiger charge is -2.34. The van der Waals surface area contributed by atoms with Crippen LogP contribution < -0.4 is 5.32 Å². The predicted molar refractivity (Wildman–Crippen MR) is 102 cm³/mol. The van der Waals surface area contributed by atoms with Crippen LogP contribution in [-0.2, 0) is 19.7 Å². The highest BCUT2D eigenvalue weighted by molar-refractivity contribution is 6.10. The summed E-state index contributed by atoms with van der Waals surface area (Å²) in [4.78, 5) is 28.5. The zero-order valence-corrected chi connectivity index (χ0v) is 16.4. The molecule has 26 heavy (non-hydrogen) atoms. The Morgan fingerprint density at radius 3 is 2.58 bits per heavy atom. The van der Waals surface area contributed by atoms with Gasteiger partial charge in [-0.2, -0.15) is 0 Å². The Morgan fingerprint density at radius 2 is 1.96 bits per heavy atom. The van der Waals surface area contributed by atoms with Gasteiger partial charge in [-0.3, -0.25) is 14.5 Å². The maximum atomic E-state index is 13.3. The highest BCUT2D eigenvalue weighted by Gasteiger charge is 2.64. The number of likely N-dealkylation sites (tertiary alicyclic amines) is 1. The van der Waals surface area contributed by atoms with Crippen molar-refractivity contribution in [2.75, 3.05) is 18.9 Å². The molecule has 2 heterocycles. The number of likely N-dealkylation sites (N-methyl/N-ethyl adjacent to an activating group) is 1. The number of ether oxygens (including phenoxy) is 1. The van der Waals surface area contributed by atoms with Gasteiger partial charge in [0, 0.05) is 18.3 Å². The maximum absolute atomic E-state index is 13.3. The van der Waals surface area contributed by atoms with E-state index in [1.54, 1.807) is 0 Å². The maximum Gasteiger partial charge on any atom is 0.312 e. The molecule has 0 aromatic heterocycles. The first-order chi connectivity index (χ1) is 12.1. The predicted octanol–water partition coefficient (Wildman–Crippen LogP) is 3.11. The van der Waals surface area contributed by atoms with Crippen LogP contribution in [0, 0.1) is 5.92 Å². The number of benzene rings is 1. The number of fused-ring (bicyclic) bond motifs is 2. The van der Waals surface area contributed by atoms with Crippen molar-refractivity contribution in [2.45, 2.75) is 51.7 Å². The van der Waals surface area contributed by atoms with E-state index >= 15 is 0 Å². The van der Waals surface area contributed by atoms with E-state index < -0.39 is 16.9 Å². The van der Waals surface area contributed by atoms with E-state index in [-0.39, 0.29) is 17.9 Å². The molecule has 0 bridgehead atoms. The topological polar surface area (TPSA) is 58.6 Å². The third-order valence-electron chi connectivity index (χ3n) is 5.14. The lowest BCUT2D eigenvalue weighted by atomic mass is 9.68. The van der Waals surface area contributed by atoms with Crippen molar-refractivity contribution < 1.29 is 14.3 Å². The van der Waals surface area contributed by atoms with Gasteiger partial charge in [-0.1, -0.05) is 29.8 Å². The molecule has 1 aromatic carbocycles. The summed E-state index contributed by atoms with van der Waals surface area (Å²) >= 11 is 0. The lowest BCUT2D eigenvalue weighted by Crippen LogP contribution is -2.51. The quantitative estimate of drug-likeness (QED) is 0.653. The van der Waals surface area contributed by atoms with Gasteiger partial charge in [0.2, 0.25) is 5.91 Å². The molecule has 1 aromatic rings. The summed E-state index contributed by atoms with van der Waals surface area (Å²) in [7, 11) is 1.96. The Balaban J connectivity index is 2.19. The van der Waals surface area contributed by atoms with Gasteiger partial charge in [-0.05, 0) is 53.3 Å². The summed E-state index contributed by atoms with van der Waals surface area (Å²) in [5.74, 6) is -1.00. The number of esters is 1. The van der Waals surface area contributed by atoms with Gasteiger partial charge in [-0.25, -0.2) is 0 Å². The molecule has 1 saturated heterocycles. The average molecular weight is 356 g/mol. The summed E-state index contributed by atoms with van der Waals surface area (Å²) in [5, 5.41) is 3.00. The van der Waals surface area contributed by atoms with Gasteiger partial charge in [-0.15, -0.1) is 0 Å². The van der Waals surface area contributed by atoms with Crippen LogP contribution in [0.25, 0.3) is 0 Å². The summed E-state index contributed by atoms with van der Waals surface area (Å²) in [6.07, 6.45) is 2.09. The van der Waals surface area contributed by atoms with E-state index in [4.69, 9.17) is 4.74 Å². The molecule has 1 fully saturated rings. The van der Waals surface area contributed by atoms with E-state index in [1.807, 2.05) is 65.9 Å². The fraction of sp³-hybridized carbons (Fsp3) is 0.524. The summed E-state index contributed by atoms with van der Waals surface area (Å²) in [6.45, 7) is 10.1. The molecule has 3 rings (SSSR count). The second-order valence-corrected chi connectivity index (χ2v) is 8.58. The van der Waals surface area contributed by atoms with Crippen molar-refractivity contribution in [3.63, 3.8) is 0 Å². The van der Waals surface area contributed by atoms with Crippen LogP contribution in [0.1, 0.15) is 40.2 Å². The standard InChI is InChI=1S/C21H28N2O3/c1-13(2)11-17-21(14-9-7-8-10-16(14)22-19(21)25)15(12-23(17)6)18(24)26-20(3,4)5/h7-11,15,17H,12H2,1-6H3,(H,22,25)/t15-,17+,21-/m1/s1. The minimum Gasteiger partial charge on any atom is -0.460 e. The summed E-state index contributed by atoms with van der Waals surface area (Å²) in [6, 6.07) is 7.47. The van der Waals surface area contributed by atoms with Crippen molar-refractivity contribution >= 4 is 17.6 Å². The molecule has 0 saturated carbocycles. The summed E-state index contributed by atoms with van der Waals surface area (Å²) in [5.41, 5.74) is 1.22. The number of carbonyl (C=O) groups excluding carboxylic acids is 2. The molecule has 1 N–H and O–H groups in total. The molecule has 1 spiro atoms. The SMILES string of the molecule is CC(C)=C[C@@H]1N(C)C[C@H](C(=O)OC(C)(C)C)[C@@]12C(=O)Nc1ccccc12. The van der Waals surface area contributed by atoms with Gasteiger partial charge in [0.25, 0.3) is 0 Å². The molecule has 3 atom stereocenters. The zero-order valence-electron chi connectivity index (χ0n) is 16.4. The number of nitrogens with one attached hydrogen (secondary N) is 1. The molecular weight excluding hydrogens is 328 g/mol. The van der Waals surface area contributed by atoms with E-state index in [9.17, 15) is 9.59 Å². The minimum absolute atomic E-state index is 0.124. The molecular formula is C21H28N2O3. The van der Waals surface area contributed by atoms with Crippen LogP contribution in [0.4, 0.5) is 5.69 Å².